The molecule has 40 heavy (non-hydrogen) atoms. The van der Waals surface area contributed by atoms with Crippen LogP contribution in [0.15, 0.2) is 0 Å². The fourth-order valence-electron chi connectivity index (χ4n) is 2.65. The number of methoxy groups -OCH3 is 1. The molecule has 0 aromatic rings. The number of nitrogens with one attached hydrogen (secondary N) is 1. The molecule has 0 aliphatic rings. The van der Waals surface area contributed by atoms with Gasteiger partial charge in [0.05, 0.1) is 25.0 Å². The highest BCUT2D eigenvalue weighted by Crippen LogP contribution is 2.10. The molecule has 0 aromatic carbocycles. The monoisotopic (exact) mass is 580 g/mol. The maximum absolute atomic E-state index is 12.1. The van der Waals surface area contributed by atoms with E-state index in [0.29, 0.717) is 0 Å². The maximum Gasteiger partial charge on any atom is 0.312 e. The van der Waals surface area contributed by atoms with Crippen molar-refractivity contribution in [3.63, 3.8) is 0 Å². The smallest absolute Gasteiger partial charge is 0.312 e. The molecule has 230 valence electrons. The quantitative estimate of drug-likeness (QED) is 0.135. The number of carbonyl (C=O) groups excluding carboxylic acids is 7. The van der Waals surface area contributed by atoms with Gasteiger partial charge in [-0.05, 0) is 7.05 Å². The van der Waals surface area contributed by atoms with Gasteiger partial charge in [-0.15, -0.1) is 0 Å². The minimum Gasteiger partial charge on any atom is -0.481 e. The van der Waals surface area contributed by atoms with Gasteiger partial charge < -0.3 is 39.8 Å². The number of carboxylic acid groups (broad SMARTS) is 1. The summed E-state index contributed by atoms with van der Waals surface area (Å²) in [5.41, 5.74) is 5.44. The molecule has 0 fully saturated rings. The van der Waals surface area contributed by atoms with Crippen LogP contribution in [0.5, 0.6) is 0 Å². The number of carboxylic acids is 1. The molecule has 4 N–H and O–H groups in total. The van der Waals surface area contributed by atoms with Crippen LogP contribution >= 0.6 is 0 Å². The van der Waals surface area contributed by atoms with Crippen LogP contribution < -0.4 is 11.1 Å². The molecule has 16 nitrogen and oxygen atoms in total. The first-order valence-corrected chi connectivity index (χ1v) is 11.9. The van der Waals surface area contributed by atoms with Gasteiger partial charge in [0.2, 0.25) is 0 Å². The van der Waals surface area contributed by atoms with E-state index in [9.17, 15) is 38.4 Å². The van der Waals surface area contributed by atoms with Gasteiger partial charge in [0.15, 0.2) is 11.6 Å². The average Bonchev–Trinajstić information content (AvgIpc) is 2.86. The number of hydrogen-bond donors (Lipinski definition) is 3. The first kappa shape index (κ1) is 38.2. The molecule has 0 amide bonds. The Morgan fingerprint density at radius 2 is 1.10 bits per heavy atom. The standard InChI is InChI=1S/C13H21NO7.C11H17NO7.H2/c1-8(15)20-6-10(13(18)19-4)5-12(17)11(14-3)7-21-9(2)16;1-6(13)18-4-8(11(16)17)3-10(15)9(12)5-19-7(2)14;/h10-11,14H,5-7H2,1-4H3;8-9H,3-5,12H2,1-2H3,(H,16,17);1H/t10?,11-;8?,9-;/m00./s1. The minimum atomic E-state index is -1.27. The third-order valence-corrected chi connectivity index (χ3v) is 4.82. The van der Waals surface area contributed by atoms with Crippen molar-refractivity contribution in [2.75, 3.05) is 40.6 Å². The normalized spacial score (nSPS) is 13.1. The summed E-state index contributed by atoms with van der Waals surface area (Å²) in [6.45, 7) is 3.64. The van der Waals surface area contributed by atoms with Crippen molar-refractivity contribution in [2.45, 2.75) is 52.6 Å². The lowest BCUT2D eigenvalue weighted by Crippen LogP contribution is -2.41. The van der Waals surface area contributed by atoms with Crippen LogP contribution in [0.4, 0.5) is 0 Å². The molecule has 2 unspecified atom stereocenters. The lowest BCUT2D eigenvalue weighted by atomic mass is 9.99. The van der Waals surface area contributed by atoms with Crippen LogP contribution in [0.25, 0.3) is 0 Å². The average molecular weight is 581 g/mol. The van der Waals surface area contributed by atoms with E-state index in [1.807, 2.05) is 0 Å². The van der Waals surface area contributed by atoms with Gasteiger partial charge in [-0.2, -0.15) is 0 Å². The van der Waals surface area contributed by atoms with Gasteiger partial charge in [-0.3, -0.25) is 38.4 Å². The van der Waals surface area contributed by atoms with Crippen molar-refractivity contribution in [1.82, 2.24) is 5.32 Å². The van der Waals surface area contributed by atoms with E-state index in [1.165, 1.54) is 28.0 Å². The Kier molecular flexibility index (Phi) is 20.0. The molecular formula is C24H40N2O14. The predicted octanol–water partition coefficient (Wildman–Crippen LogP) is -1.21. The zero-order valence-electron chi connectivity index (χ0n) is 23.4. The fraction of sp³-hybridized carbons (Fsp3) is 0.667. The molecule has 0 heterocycles. The van der Waals surface area contributed by atoms with Crippen LogP contribution in [-0.4, -0.2) is 105 Å². The number of Topliss-reactive ketones (excluding diaryl/α,β-unsaturated/α-hetero) is 2. The minimum absolute atomic E-state index is 0. The van der Waals surface area contributed by atoms with E-state index in [1.54, 1.807) is 0 Å². The molecule has 0 saturated carbocycles. The zero-order chi connectivity index (χ0) is 31.4. The molecule has 0 aliphatic heterocycles. The lowest BCUT2D eigenvalue weighted by molar-refractivity contribution is -0.154. The van der Waals surface area contributed by atoms with Crippen LogP contribution in [-0.2, 0) is 62.0 Å². The van der Waals surface area contributed by atoms with E-state index in [2.05, 4.69) is 19.5 Å². The number of esters is 5. The number of aliphatic carboxylic acids is 1. The number of ether oxygens (including phenoxy) is 5. The van der Waals surface area contributed by atoms with Gasteiger partial charge in [0.25, 0.3) is 0 Å². The second-order valence-electron chi connectivity index (χ2n) is 8.25. The molecule has 0 radical (unpaired) electrons. The van der Waals surface area contributed by atoms with E-state index in [0.717, 1.165) is 13.8 Å². The van der Waals surface area contributed by atoms with Gasteiger partial charge >= 0.3 is 35.8 Å². The van der Waals surface area contributed by atoms with Crippen molar-refractivity contribution in [2.24, 2.45) is 17.6 Å². The molecular weight excluding hydrogens is 540 g/mol. The van der Waals surface area contributed by atoms with Gasteiger partial charge in [0, 0.05) is 42.0 Å². The SMILES string of the molecule is CC(=O)OCC(CC(=O)[C@@H](N)COC(C)=O)C(=O)O.CN[C@@H](COC(C)=O)C(=O)CC(COC(C)=O)C(=O)OC.[HH]. The second kappa shape index (κ2) is 21.0. The van der Waals surface area contributed by atoms with E-state index in [4.69, 9.17) is 20.3 Å². The van der Waals surface area contributed by atoms with Crippen molar-refractivity contribution >= 4 is 47.4 Å². The Labute approximate surface area is 232 Å². The van der Waals surface area contributed by atoms with Gasteiger partial charge in [-0.25, -0.2) is 0 Å². The van der Waals surface area contributed by atoms with E-state index in [-0.39, 0.29) is 33.5 Å². The number of carbonyl (C=O) groups is 8. The summed E-state index contributed by atoms with van der Waals surface area (Å²) >= 11 is 0. The molecule has 0 aromatic heterocycles. The first-order chi connectivity index (χ1) is 18.5. The summed E-state index contributed by atoms with van der Waals surface area (Å²) in [5, 5.41) is 11.6. The number of nitrogens with two attached hydrogens (primary N) is 1. The lowest BCUT2D eigenvalue weighted by Gasteiger charge is -2.18. The highest BCUT2D eigenvalue weighted by atomic mass is 16.6. The summed E-state index contributed by atoms with van der Waals surface area (Å²) in [5.74, 6) is -7.18. The van der Waals surface area contributed by atoms with Gasteiger partial charge in [0.1, 0.15) is 32.5 Å². The van der Waals surface area contributed by atoms with Crippen LogP contribution in [0.3, 0.4) is 0 Å². The summed E-state index contributed by atoms with van der Waals surface area (Å²) in [6.07, 6.45) is -0.586. The second-order valence-corrected chi connectivity index (χ2v) is 8.25. The number of ketones is 2. The Balaban J connectivity index is -0.000000691. The summed E-state index contributed by atoms with van der Waals surface area (Å²) < 4.78 is 23.2. The molecule has 0 spiro atoms. The van der Waals surface area contributed by atoms with Crippen molar-refractivity contribution in [3.05, 3.63) is 0 Å². The largest absolute Gasteiger partial charge is 0.481 e. The molecule has 4 atom stereocenters. The molecule has 0 bridgehead atoms. The zero-order valence-corrected chi connectivity index (χ0v) is 23.4. The summed E-state index contributed by atoms with van der Waals surface area (Å²) in [7, 11) is 2.72. The summed E-state index contributed by atoms with van der Waals surface area (Å²) in [4.78, 5) is 88.7. The van der Waals surface area contributed by atoms with Gasteiger partial charge in [-0.1, -0.05) is 0 Å². The number of hydrogen-bond acceptors (Lipinski definition) is 15. The maximum atomic E-state index is 12.1. The Morgan fingerprint density at radius 1 is 0.700 bits per heavy atom. The molecule has 0 saturated heterocycles. The van der Waals surface area contributed by atoms with Crippen LogP contribution in [0.1, 0.15) is 42.0 Å². The summed E-state index contributed by atoms with van der Waals surface area (Å²) in [6, 6.07) is -1.83. The Morgan fingerprint density at radius 3 is 1.50 bits per heavy atom. The topological polar surface area (TPSA) is 241 Å². The highest BCUT2D eigenvalue weighted by Gasteiger charge is 2.28. The van der Waals surface area contributed by atoms with E-state index >= 15 is 0 Å². The highest BCUT2D eigenvalue weighted by molar-refractivity contribution is 5.89. The third kappa shape index (κ3) is 19.2. The van der Waals surface area contributed by atoms with E-state index < -0.39 is 78.5 Å². The number of rotatable bonds is 17. The van der Waals surface area contributed by atoms with Crippen molar-refractivity contribution < 1.29 is 68.6 Å². The fourth-order valence-corrected chi connectivity index (χ4v) is 2.65. The molecule has 0 aliphatic carbocycles. The van der Waals surface area contributed by atoms with Crippen molar-refractivity contribution in [3.8, 4) is 0 Å². The molecule has 0 rings (SSSR count). The van der Waals surface area contributed by atoms with Crippen molar-refractivity contribution in [1.29, 1.82) is 0 Å². The number of likely N-dealkylation sites (N-methyl/N-ethyl adjacent to an activating group) is 1. The Bertz CT molecular complexity index is 911. The first-order valence-electron chi connectivity index (χ1n) is 11.9. The third-order valence-electron chi connectivity index (χ3n) is 4.82. The van der Waals surface area contributed by atoms with Crippen LogP contribution in [0, 0.1) is 11.8 Å². The predicted molar refractivity (Wildman–Crippen MR) is 135 cm³/mol. The Hall–Kier alpha value is -3.92. The molecule has 16 heteroatoms. The van der Waals surface area contributed by atoms with Crippen LogP contribution in [0.2, 0.25) is 0 Å².